The number of rotatable bonds is 3. The molecule has 1 amide bonds. The van der Waals surface area contributed by atoms with Crippen molar-refractivity contribution in [3.8, 4) is 0 Å². The fourth-order valence-electron chi connectivity index (χ4n) is 3.16. The molecular weight excluding hydrogens is 298 g/mol. The highest BCUT2D eigenvalue weighted by atomic mass is 32.1. The van der Waals surface area contributed by atoms with Gasteiger partial charge in [-0.15, -0.1) is 11.3 Å². The third-order valence-corrected chi connectivity index (χ3v) is 6.04. The minimum absolute atomic E-state index is 0.178. The highest BCUT2D eigenvalue weighted by molar-refractivity contribution is 7.11. The van der Waals surface area contributed by atoms with Gasteiger partial charge in [0.1, 0.15) is 0 Å². The molecule has 0 radical (unpaired) electrons. The molecule has 3 heterocycles. The van der Waals surface area contributed by atoms with E-state index in [-0.39, 0.29) is 11.3 Å². The van der Waals surface area contributed by atoms with Gasteiger partial charge in [0, 0.05) is 29.6 Å². The molecule has 2 aliphatic rings. The van der Waals surface area contributed by atoms with E-state index in [0.717, 1.165) is 39.0 Å². The summed E-state index contributed by atoms with van der Waals surface area (Å²) in [6.45, 7) is 9.75. The highest BCUT2D eigenvalue weighted by Crippen LogP contribution is 2.37. The lowest BCUT2D eigenvalue weighted by Crippen LogP contribution is -2.48. The molecule has 0 saturated carbocycles. The van der Waals surface area contributed by atoms with Gasteiger partial charge in [-0.05, 0) is 32.9 Å². The quantitative estimate of drug-likeness (QED) is 0.849. The Balaban J connectivity index is 1.52. The first kappa shape index (κ1) is 15.9. The number of ether oxygens (including phenoxy) is 1. The molecule has 6 heteroatoms. The monoisotopic (exact) mass is 323 g/mol. The van der Waals surface area contributed by atoms with Crippen LogP contribution >= 0.6 is 11.3 Å². The van der Waals surface area contributed by atoms with Crippen LogP contribution in [0.25, 0.3) is 0 Å². The first-order chi connectivity index (χ1) is 10.6. The Morgan fingerprint density at radius 1 is 1.32 bits per heavy atom. The van der Waals surface area contributed by atoms with Crippen LogP contribution < -0.4 is 0 Å². The summed E-state index contributed by atoms with van der Waals surface area (Å²) in [6.07, 6.45) is 4.13. The van der Waals surface area contributed by atoms with Crippen molar-refractivity contribution >= 4 is 17.2 Å². The van der Waals surface area contributed by atoms with Gasteiger partial charge in [0.25, 0.3) is 0 Å². The number of likely N-dealkylation sites (tertiary alicyclic amines) is 1. The predicted octanol–water partition coefficient (Wildman–Crippen LogP) is 1.66. The van der Waals surface area contributed by atoms with Crippen LogP contribution in [-0.2, 0) is 14.9 Å². The average Bonchev–Trinajstić information content (AvgIpc) is 2.98. The Morgan fingerprint density at radius 2 is 2.00 bits per heavy atom. The third-order valence-electron chi connectivity index (χ3n) is 4.82. The van der Waals surface area contributed by atoms with Crippen LogP contribution in [-0.4, -0.2) is 66.6 Å². The zero-order valence-corrected chi connectivity index (χ0v) is 14.3. The van der Waals surface area contributed by atoms with Gasteiger partial charge in [0.05, 0.1) is 24.8 Å². The van der Waals surface area contributed by atoms with Gasteiger partial charge in [0.2, 0.25) is 5.91 Å². The summed E-state index contributed by atoms with van der Waals surface area (Å²) < 4.78 is 5.30. The summed E-state index contributed by atoms with van der Waals surface area (Å²) in [5.74, 6) is 0.247. The van der Waals surface area contributed by atoms with Crippen LogP contribution in [0.15, 0.2) is 6.20 Å². The Kier molecular flexibility index (Phi) is 4.80. The van der Waals surface area contributed by atoms with Crippen LogP contribution in [0.4, 0.5) is 0 Å². The fraction of sp³-hybridized carbons (Fsp3) is 0.750. The van der Waals surface area contributed by atoms with Crippen molar-refractivity contribution in [3.05, 3.63) is 16.1 Å². The van der Waals surface area contributed by atoms with Gasteiger partial charge >= 0.3 is 0 Å². The van der Waals surface area contributed by atoms with Crippen molar-refractivity contribution < 1.29 is 9.53 Å². The lowest BCUT2D eigenvalue weighted by atomic mass is 9.81. The van der Waals surface area contributed by atoms with E-state index in [1.807, 2.05) is 22.4 Å². The van der Waals surface area contributed by atoms with Gasteiger partial charge in [0.15, 0.2) is 0 Å². The maximum absolute atomic E-state index is 12.3. The Labute approximate surface area is 136 Å². The largest absolute Gasteiger partial charge is 0.378 e. The van der Waals surface area contributed by atoms with Crippen LogP contribution in [0.5, 0.6) is 0 Å². The number of carbonyl (C=O) groups excluding carboxylic acids is 1. The number of amides is 1. The van der Waals surface area contributed by atoms with E-state index >= 15 is 0 Å². The average molecular weight is 323 g/mol. The zero-order chi connectivity index (χ0) is 15.6. The number of aryl methyl sites for hydroxylation is 1. The van der Waals surface area contributed by atoms with Crippen LogP contribution in [0.3, 0.4) is 0 Å². The first-order valence-electron chi connectivity index (χ1n) is 8.08. The Bertz CT molecular complexity index is 517. The number of nitrogens with zero attached hydrogens (tertiary/aromatic N) is 3. The number of hydrogen-bond donors (Lipinski definition) is 0. The molecule has 0 bridgehead atoms. The van der Waals surface area contributed by atoms with E-state index in [4.69, 9.17) is 4.74 Å². The lowest BCUT2D eigenvalue weighted by molar-refractivity contribution is -0.136. The lowest BCUT2D eigenvalue weighted by Gasteiger charge is -2.38. The van der Waals surface area contributed by atoms with E-state index in [2.05, 4.69) is 23.7 Å². The van der Waals surface area contributed by atoms with Gasteiger partial charge in [-0.3, -0.25) is 9.69 Å². The number of aromatic nitrogens is 1. The minimum Gasteiger partial charge on any atom is -0.378 e. The van der Waals surface area contributed by atoms with Gasteiger partial charge in [-0.1, -0.05) is 6.92 Å². The van der Waals surface area contributed by atoms with Crippen molar-refractivity contribution in [2.24, 2.45) is 0 Å². The van der Waals surface area contributed by atoms with E-state index in [1.165, 1.54) is 9.88 Å². The number of carbonyl (C=O) groups is 1. The molecule has 2 saturated heterocycles. The molecule has 3 rings (SSSR count). The maximum Gasteiger partial charge on any atom is 0.236 e. The van der Waals surface area contributed by atoms with Crippen molar-refractivity contribution in [1.29, 1.82) is 0 Å². The maximum atomic E-state index is 12.3. The molecule has 2 fully saturated rings. The first-order valence-corrected chi connectivity index (χ1v) is 8.89. The van der Waals surface area contributed by atoms with Crippen molar-refractivity contribution in [3.63, 3.8) is 0 Å². The third kappa shape index (κ3) is 3.50. The molecule has 0 N–H and O–H groups in total. The van der Waals surface area contributed by atoms with Crippen LogP contribution in [0.2, 0.25) is 0 Å². The summed E-state index contributed by atoms with van der Waals surface area (Å²) in [5.41, 5.74) is 0.178. The molecule has 0 spiro atoms. The predicted molar refractivity (Wildman–Crippen MR) is 87.3 cm³/mol. The van der Waals surface area contributed by atoms with Crippen molar-refractivity contribution in [2.75, 3.05) is 45.9 Å². The van der Waals surface area contributed by atoms with Crippen molar-refractivity contribution in [1.82, 2.24) is 14.8 Å². The zero-order valence-electron chi connectivity index (χ0n) is 13.5. The molecule has 0 unspecified atom stereocenters. The molecule has 0 aliphatic carbocycles. The molecule has 1 aromatic rings. The van der Waals surface area contributed by atoms with E-state index in [9.17, 15) is 4.79 Å². The van der Waals surface area contributed by atoms with Crippen LogP contribution in [0, 0.1) is 6.92 Å². The fourth-order valence-corrected chi connectivity index (χ4v) is 4.12. The Hall–Kier alpha value is -0.980. The van der Waals surface area contributed by atoms with E-state index < -0.39 is 0 Å². The van der Waals surface area contributed by atoms with E-state index in [0.29, 0.717) is 19.8 Å². The van der Waals surface area contributed by atoms with Gasteiger partial charge in [-0.2, -0.15) is 0 Å². The van der Waals surface area contributed by atoms with E-state index in [1.54, 1.807) is 0 Å². The van der Waals surface area contributed by atoms with Crippen LogP contribution in [0.1, 0.15) is 29.7 Å². The topological polar surface area (TPSA) is 45.7 Å². The minimum atomic E-state index is 0.178. The second kappa shape index (κ2) is 6.64. The summed E-state index contributed by atoms with van der Waals surface area (Å²) in [5, 5.41) is 1.25. The second-order valence-electron chi connectivity index (χ2n) is 6.61. The number of hydrogen-bond acceptors (Lipinski definition) is 5. The highest BCUT2D eigenvalue weighted by Gasteiger charge is 2.35. The number of thiazole rings is 1. The standard InChI is InChI=1S/C16H25N3O2S/c1-13-11-17-15(22-13)16(2)3-5-18(6-4-16)12-14(20)19-7-9-21-10-8-19/h11H,3-10,12H2,1-2H3. The molecule has 2 aliphatic heterocycles. The number of morpholine rings is 1. The normalized spacial score (nSPS) is 22.7. The molecule has 22 heavy (non-hydrogen) atoms. The van der Waals surface area contributed by atoms with Gasteiger partial charge in [-0.25, -0.2) is 4.98 Å². The number of piperidine rings is 1. The molecular formula is C16H25N3O2S. The summed E-state index contributed by atoms with van der Waals surface area (Å²) in [7, 11) is 0. The molecule has 0 atom stereocenters. The summed E-state index contributed by atoms with van der Waals surface area (Å²) in [6, 6.07) is 0. The molecule has 1 aromatic heterocycles. The Morgan fingerprint density at radius 3 is 2.59 bits per heavy atom. The van der Waals surface area contributed by atoms with Gasteiger partial charge < -0.3 is 9.64 Å². The smallest absolute Gasteiger partial charge is 0.236 e. The van der Waals surface area contributed by atoms with Crippen molar-refractivity contribution in [2.45, 2.75) is 32.1 Å². The second-order valence-corrected chi connectivity index (χ2v) is 7.84. The summed E-state index contributed by atoms with van der Waals surface area (Å²) >= 11 is 1.81. The molecule has 5 nitrogen and oxygen atoms in total. The molecule has 122 valence electrons. The summed E-state index contributed by atoms with van der Waals surface area (Å²) in [4.78, 5) is 22.4. The molecule has 0 aromatic carbocycles. The SMILES string of the molecule is Cc1cnc(C2(C)CCN(CC(=O)N3CCOCC3)CC2)s1.